The highest BCUT2D eigenvalue weighted by Gasteiger charge is 2.28. The Morgan fingerprint density at radius 1 is 1.62 bits per heavy atom. The summed E-state index contributed by atoms with van der Waals surface area (Å²) >= 11 is 1.83. The van der Waals surface area contributed by atoms with Gasteiger partial charge < -0.3 is 5.73 Å². The molecule has 1 heterocycles. The Bertz CT molecular complexity index is 252. The van der Waals surface area contributed by atoms with E-state index in [4.69, 9.17) is 5.73 Å². The van der Waals surface area contributed by atoms with Gasteiger partial charge in [-0.05, 0) is 31.3 Å². The predicted octanol–water partition coefficient (Wildman–Crippen LogP) is 1.67. The molecule has 0 amide bonds. The fraction of sp³-hybridized carbons (Fsp3) is 0.600. The van der Waals surface area contributed by atoms with E-state index in [9.17, 15) is 0 Å². The van der Waals surface area contributed by atoms with Crippen molar-refractivity contribution >= 4 is 11.3 Å². The first-order valence-corrected chi connectivity index (χ1v) is 5.62. The minimum absolute atomic E-state index is 0.454. The maximum atomic E-state index is 5.76. The monoisotopic (exact) mass is 196 g/mol. The van der Waals surface area contributed by atoms with E-state index in [0.29, 0.717) is 6.04 Å². The summed E-state index contributed by atoms with van der Waals surface area (Å²) in [5.41, 5.74) is 5.76. The van der Waals surface area contributed by atoms with Crippen LogP contribution in [0.4, 0.5) is 0 Å². The Hall–Kier alpha value is -0.380. The molecule has 0 atom stereocenters. The van der Waals surface area contributed by atoms with Gasteiger partial charge >= 0.3 is 0 Å². The summed E-state index contributed by atoms with van der Waals surface area (Å²) in [5, 5.41) is 2.13. The number of nitrogens with two attached hydrogens (primary N) is 1. The van der Waals surface area contributed by atoms with E-state index in [1.165, 1.54) is 17.7 Å². The highest BCUT2D eigenvalue weighted by Crippen LogP contribution is 2.24. The van der Waals surface area contributed by atoms with E-state index in [2.05, 4.69) is 29.5 Å². The fourth-order valence-corrected chi connectivity index (χ4v) is 2.53. The second-order valence-corrected chi connectivity index (χ2v) is 4.91. The lowest BCUT2D eigenvalue weighted by Gasteiger charge is -2.39. The van der Waals surface area contributed by atoms with Crippen molar-refractivity contribution in [3.05, 3.63) is 22.4 Å². The topological polar surface area (TPSA) is 29.3 Å². The standard InChI is InChI=1S/C10H16N2S/c1-12(9-5-8(11)6-9)7-10-3-2-4-13-10/h2-4,8-9H,5-7,11H2,1H3. The molecule has 0 saturated heterocycles. The van der Waals surface area contributed by atoms with Crippen molar-refractivity contribution in [3.63, 3.8) is 0 Å². The summed E-state index contributed by atoms with van der Waals surface area (Å²) in [6.45, 7) is 1.08. The molecule has 1 fully saturated rings. The van der Waals surface area contributed by atoms with Crippen molar-refractivity contribution < 1.29 is 0 Å². The van der Waals surface area contributed by atoms with E-state index >= 15 is 0 Å². The highest BCUT2D eigenvalue weighted by molar-refractivity contribution is 7.09. The molecule has 0 aromatic carbocycles. The van der Waals surface area contributed by atoms with E-state index in [-0.39, 0.29) is 0 Å². The molecule has 1 aliphatic carbocycles. The van der Waals surface area contributed by atoms with Crippen LogP contribution < -0.4 is 5.73 Å². The largest absolute Gasteiger partial charge is 0.328 e. The maximum Gasteiger partial charge on any atom is 0.0327 e. The molecule has 0 radical (unpaired) electrons. The van der Waals surface area contributed by atoms with Crippen LogP contribution >= 0.6 is 11.3 Å². The molecule has 0 aliphatic heterocycles. The summed E-state index contributed by atoms with van der Waals surface area (Å²) in [4.78, 5) is 3.86. The van der Waals surface area contributed by atoms with Crippen molar-refractivity contribution in [1.82, 2.24) is 4.90 Å². The van der Waals surface area contributed by atoms with Gasteiger partial charge in [0.05, 0.1) is 0 Å². The van der Waals surface area contributed by atoms with Crippen LogP contribution in [0.2, 0.25) is 0 Å². The van der Waals surface area contributed by atoms with Gasteiger partial charge in [-0.15, -0.1) is 11.3 Å². The second kappa shape index (κ2) is 3.78. The molecule has 13 heavy (non-hydrogen) atoms. The third-order valence-electron chi connectivity index (χ3n) is 2.76. The molecular formula is C10H16N2S. The van der Waals surface area contributed by atoms with E-state index in [1.54, 1.807) is 0 Å². The predicted molar refractivity (Wildman–Crippen MR) is 56.8 cm³/mol. The fourth-order valence-electron chi connectivity index (χ4n) is 1.77. The van der Waals surface area contributed by atoms with Gasteiger partial charge in [0.15, 0.2) is 0 Å². The lowest BCUT2D eigenvalue weighted by molar-refractivity contribution is 0.133. The third-order valence-corrected chi connectivity index (χ3v) is 3.62. The first-order chi connectivity index (χ1) is 6.25. The van der Waals surface area contributed by atoms with Crippen molar-refractivity contribution in [2.75, 3.05) is 7.05 Å². The van der Waals surface area contributed by atoms with Gasteiger partial charge in [0, 0.05) is 23.5 Å². The molecule has 1 aromatic rings. The van der Waals surface area contributed by atoms with Gasteiger partial charge in [-0.3, -0.25) is 4.90 Å². The molecule has 2 rings (SSSR count). The zero-order chi connectivity index (χ0) is 9.26. The third kappa shape index (κ3) is 2.10. The first-order valence-electron chi connectivity index (χ1n) is 4.74. The van der Waals surface area contributed by atoms with Gasteiger partial charge in [0.2, 0.25) is 0 Å². The Morgan fingerprint density at radius 2 is 2.38 bits per heavy atom. The minimum atomic E-state index is 0.454. The van der Waals surface area contributed by atoms with Gasteiger partial charge in [-0.2, -0.15) is 0 Å². The molecule has 2 N–H and O–H groups in total. The van der Waals surface area contributed by atoms with Crippen molar-refractivity contribution in [2.24, 2.45) is 5.73 Å². The molecule has 1 aromatic heterocycles. The average molecular weight is 196 g/mol. The van der Waals surface area contributed by atoms with Gasteiger partial charge in [-0.25, -0.2) is 0 Å². The van der Waals surface area contributed by atoms with E-state index in [1.807, 2.05) is 11.3 Å². The Labute approximate surface area is 83.4 Å². The average Bonchev–Trinajstić information content (AvgIpc) is 2.51. The van der Waals surface area contributed by atoms with Gasteiger partial charge in [-0.1, -0.05) is 6.07 Å². The van der Waals surface area contributed by atoms with Crippen LogP contribution in [0.3, 0.4) is 0 Å². The number of nitrogens with zero attached hydrogens (tertiary/aromatic N) is 1. The Morgan fingerprint density at radius 3 is 2.92 bits per heavy atom. The van der Waals surface area contributed by atoms with Crippen molar-refractivity contribution in [1.29, 1.82) is 0 Å². The van der Waals surface area contributed by atoms with Crippen molar-refractivity contribution in [3.8, 4) is 0 Å². The minimum Gasteiger partial charge on any atom is -0.328 e. The number of thiophene rings is 1. The highest BCUT2D eigenvalue weighted by atomic mass is 32.1. The molecule has 1 saturated carbocycles. The van der Waals surface area contributed by atoms with Gasteiger partial charge in [0.1, 0.15) is 0 Å². The SMILES string of the molecule is CN(Cc1cccs1)C1CC(N)C1. The molecule has 0 bridgehead atoms. The van der Waals surface area contributed by atoms with E-state index in [0.717, 1.165) is 12.6 Å². The summed E-state index contributed by atoms with van der Waals surface area (Å²) in [6.07, 6.45) is 2.34. The number of hydrogen-bond acceptors (Lipinski definition) is 3. The van der Waals surface area contributed by atoms with Crippen LogP contribution in [0.15, 0.2) is 17.5 Å². The van der Waals surface area contributed by atoms with Crippen LogP contribution in [0.25, 0.3) is 0 Å². The molecule has 0 spiro atoms. The summed E-state index contributed by atoms with van der Waals surface area (Å²) in [7, 11) is 2.19. The van der Waals surface area contributed by atoms with Crippen LogP contribution in [0.1, 0.15) is 17.7 Å². The Kier molecular flexibility index (Phi) is 2.67. The van der Waals surface area contributed by atoms with Crippen molar-refractivity contribution in [2.45, 2.75) is 31.5 Å². The summed E-state index contributed by atoms with van der Waals surface area (Å²) in [5.74, 6) is 0. The van der Waals surface area contributed by atoms with Crippen LogP contribution in [-0.2, 0) is 6.54 Å². The van der Waals surface area contributed by atoms with Crippen LogP contribution in [-0.4, -0.2) is 24.0 Å². The maximum absolute atomic E-state index is 5.76. The lowest BCUT2D eigenvalue weighted by Crippen LogP contribution is -2.48. The molecule has 3 heteroatoms. The zero-order valence-corrected chi connectivity index (χ0v) is 8.76. The molecule has 2 nitrogen and oxygen atoms in total. The number of rotatable bonds is 3. The Balaban J connectivity index is 1.82. The molecular weight excluding hydrogens is 180 g/mol. The quantitative estimate of drug-likeness (QED) is 0.797. The second-order valence-electron chi connectivity index (χ2n) is 3.88. The van der Waals surface area contributed by atoms with Crippen LogP contribution in [0, 0.1) is 0 Å². The van der Waals surface area contributed by atoms with Gasteiger partial charge in [0.25, 0.3) is 0 Å². The molecule has 1 aliphatic rings. The molecule has 0 unspecified atom stereocenters. The first kappa shape index (κ1) is 9.19. The summed E-state index contributed by atoms with van der Waals surface area (Å²) in [6, 6.07) is 5.48. The van der Waals surface area contributed by atoms with E-state index < -0.39 is 0 Å². The molecule has 72 valence electrons. The zero-order valence-electron chi connectivity index (χ0n) is 7.94. The lowest BCUT2D eigenvalue weighted by atomic mass is 9.86. The normalized spacial score (nSPS) is 27.6. The number of hydrogen-bond donors (Lipinski definition) is 1. The summed E-state index contributed by atoms with van der Waals surface area (Å²) < 4.78 is 0. The smallest absolute Gasteiger partial charge is 0.0327 e. The van der Waals surface area contributed by atoms with Crippen LogP contribution in [0.5, 0.6) is 0 Å².